The van der Waals surface area contributed by atoms with Gasteiger partial charge in [0.1, 0.15) is 0 Å². The number of rotatable bonds is 4. The van der Waals surface area contributed by atoms with E-state index in [9.17, 15) is 0 Å². The zero-order valence-electron chi connectivity index (χ0n) is 10.8. The molecule has 0 amide bonds. The van der Waals surface area contributed by atoms with E-state index in [4.69, 9.17) is 23.2 Å². The molecule has 0 aliphatic heterocycles. The van der Waals surface area contributed by atoms with Gasteiger partial charge in [-0.05, 0) is 18.2 Å². The van der Waals surface area contributed by atoms with E-state index in [1.54, 1.807) is 0 Å². The van der Waals surface area contributed by atoms with Gasteiger partial charge in [-0.2, -0.15) is 0 Å². The minimum Gasteiger partial charge on any atom is -0.382 e. The van der Waals surface area contributed by atoms with Crippen molar-refractivity contribution in [2.45, 2.75) is 6.54 Å². The number of anilines is 1. The van der Waals surface area contributed by atoms with E-state index >= 15 is 0 Å². The van der Waals surface area contributed by atoms with Gasteiger partial charge in [0.15, 0.2) is 0 Å². The van der Waals surface area contributed by atoms with Crippen LogP contribution in [0.5, 0.6) is 0 Å². The highest BCUT2D eigenvalue weighted by molar-refractivity contribution is 6.35. The molecule has 0 unspecified atom stereocenters. The molecule has 3 aromatic rings. The number of aromatic nitrogens is 1. The molecule has 102 valence electrons. The summed E-state index contributed by atoms with van der Waals surface area (Å²) < 4.78 is 2.15. The maximum Gasteiger partial charge on any atom is 0.0661 e. The van der Waals surface area contributed by atoms with E-state index in [0.29, 0.717) is 0 Å². The van der Waals surface area contributed by atoms with Crippen LogP contribution in [-0.2, 0) is 6.54 Å². The molecule has 0 atom stereocenters. The molecule has 0 bridgehead atoms. The van der Waals surface area contributed by atoms with E-state index in [1.165, 1.54) is 0 Å². The van der Waals surface area contributed by atoms with Crippen molar-refractivity contribution in [1.82, 2.24) is 4.57 Å². The lowest BCUT2D eigenvalue weighted by Crippen LogP contribution is -2.09. The Morgan fingerprint density at radius 2 is 1.65 bits per heavy atom. The Labute approximate surface area is 127 Å². The highest BCUT2D eigenvalue weighted by atomic mass is 35.5. The van der Waals surface area contributed by atoms with Crippen LogP contribution in [0.15, 0.2) is 54.7 Å². The first-order valence-corrected chi connectivity index (χ1v) is 7.23. The van der Waals surface area contributed by atoms with Crippen molar-refractivity contribution >= 4 is 39.8 Å². The number of benzene rings is 2. The summed E-state index contributed by atoms with van der Waals surface area (Å²) in [5.74, 6) is 0. The fraction of sp³-hybridized carbons (Fsp3) is 0.125. The van der Waals surface area contributed by atoms with E-state index in [2.05, 4.69) is 16.0 Å². The minimum atomic E-state index is 0.739. The van der Waals surface area contributed by atoms with Crippen molar-refractivity contribution < 1.29 is 0 Å². The number of nitrogens with zero attached hydrogens (tertiary/aromatic N) is 1. The van der Waals surface area contributed by atoms with Crippen molar-refractivity contribution in [2.75, 3.05) is 11.9 Å². The second-order valence-corrected chi connectivity index (χ2v) is 5.41. The van der Waals surface area contributed by atoms with Crippen molar-refractivity contribution in [3.63, 3.8) is 0 Å². The Morgan fingerprint density at radius 1 is 0.900 bits per heavy atom. The van der Waals surface area contributed by atoms with Gasteiger partial charge in [0, 0.05) is 30.2 Å². The zero-order valence-corrected chi connectivity index (χ0v) is 12.3. The van der Waals surface area contributed by atoms with E-state index in [-0.39, 0.29) is 0 Å². The summed E-state index contributed by atoms with van der Waals surface area (Å²) >= 11 is 12.4. The molecule has 3 rings (SSSR count). The molecule has 4 heteroatoms. The largest absolute Gasteiger partial charge is 0.382 e. The Kier molecular flexibility index (Phi) is 3.86. The van der Waals surface area contributed by atoms with E-state index < -0.39 is 0 Å². The van der Waals surface area contributed by atoms with Gasteiger partial charge >= 0.3 is 0 Å². The van der Waals surface area contributed by atoms with Crippen molar-refractivity contribution in [2.24, 2.45) is 0 Å². The molecule has 2 aromatic carbocycles. The number of nitrogens with one attached hydrogen (secondary N) is 1. The summed E-state index contributed by atoms with van der Waals surface area (Å²) in [6, 6.07) is 15.9. The van der Waals surface area contributed by atoms with Crippen molar-refractivity contribution in [3.8, 4) is 0 Å². The lowest BCUT2D eigenvalue weighted by atomic mass is 10.2. The Morgan fingerprint density at radius 3 is 2.50 bits per heavy atom. The first kappa shape index (κ1) is 13.3. The number of hydrogen-bond acceptors (Lipinski definition) is 1. The zero-order chi connectivity index (χ0) is 13.9. The SMILES string of the molecule is Clc1ccccc1NCCn1cc(Cl)c2ccccc21. The third-order valence-corrected chi connectivity index (χ3v) is 3.91. The summed E-state index contributed by atoms with van der Waals surface area (Å²) in [5.41, 5.74) is 2.11. The standard InChI is InChI=1S/C16H14Cl2N2/c17-13-6-2-3-7-15(13)19-9-10-20-11-14(18)12-5-1-4-8-16(12)20/h1-8,11,19H,9-10H2. The van der Waals surface area contributed by atoms with Gasteiger partial charge in [-0.25, -0.2) is 0 Å². The van der Waals surface area contributed by atoms with Crippen LogP contribution in [0.3, 0.4) is 0 Å². The van der Waals surface area contributed by atoms with Crippen LogP contribution in [0.25, 0.3) is 10.9 Å². The predicted molar refractivity (Wildman–Crippen MR) is 86.9 cm³/mol. The molecule has 1 aromatic heterocycles. The molecule has 0 aliphatic rings. The van der Waals surface area contributed by atoms with Crippen LogP contribution in [-0.4, -0.2) is 11.1 Å². The summed E-state index contributed by atoms with van der Waals surface area (Å²) in [5, 5.41) is 5.96. The molecule has 1 heterocycles. The second-order valence-electron chi connectivity index (χ2n) is 4.59. The maximum atomic E-state index is 6.24. The van der Waals surface area contributed by atoms with Crippen LogP contribution in [0, 0.1) is 0 Å². The van der Waals surface area contributed by atoms with Crippen LogP contribution in [0.4, 0.5) is 5.69 Å². The molecule has 20 heavy (non-hydrogen) atoms. The molecular formula is C16H14Cl2N2. The molecular weight excluding hydrogens is 291 g/mol. The van der Waals surface area contributed by atoms with Crippen LogP contribution >= 0.6 is 23.2 Å². The van der Waals surface area contributed by atoms with Crippen LogP contribution in [0.2, 0.25) is 10.0 Å². The van der Waals surface area contributed by atoms with Crippen molar-refractivity contribution in [3.05, 3.63) is 64.8 Å². The Bertz CT molecular complexity index is 734. The summed E-state index contributed by atoms with van der Waals surface area (Å²) in [6.45, 7) is 1.62. The highest BCUT2D eigenvalue weighted by Crippen LogP contribution is 2.25. The van der Waals surface area contributed by atoms with Gasteiger partial charge in [0.2, 0.25) is 0 Å². The molecule has 0 radical (unpaired) electrons. The predicted octanol–water partition coefficient (Wildman–Crippen LogP) is 5.06. The Balaban J connectivity index is 1.73. The average Bonchev–Trinajstić information content (AvgIpc) is 2.78. The van der Waals surface area contributed by atoms with Gasteiger partial charge in [0.05, 0.1) is 15.7 Å². The third kappa shape index (κ3) is 2.62. The molecule has 0 saturated carbocycles. The van der Waals surface area contributed by atoms with Crippen molar-refractivity contribution in [1.29, 1.82) is 0 Å². The highest BCUT2D eigenvalue weighted by Gasteiger charge is 2.05. The number of halogens is 2. The van der Waals surface area contributed by atoms with Gasteiger partial charge in [-0.3, -0.25) is 0 Å². The van der Waals surface area contributed by atoms with E-state index in [1.807, 2.05) is 48.7 Å². The second kappa shape index (κ2) is 5.78. The summed E-state index contributed by atoms with van der Waals surface area (Å²) in [7, 11) is 0. The fourth-order valence-electron chi connectivity index (χ4n) is 2.30. The molecule has 0 spiro atoms. The van der Waals surface area contributed by atoms with Crippen LogP contribution < -0.4 is 5.32 Å². The quantitative estimate of drug-likeness (QED) is 0.713. The fourth-order valence-corrected chi connectivity index (χ4v) is 2.78. The molecule has 0 saturated heterocycles. The lowest BCUT2D eigenvalue weighted by molar-refractivity contribution is 0.757. The lowest BCUT2D eigenvalue weighted by Gasteiger charge is -2.09. The molecule has 1 N–H and O–H groups in total. The third-order valence-electron chi connectivity index (χ3n) is 3.28. The van der Waals surface area contributed by atoms with Crippen LogP contribution in [0.1, 0.15) is 0 Å². The summed E-state index contributed by atoms with van der Waals surface area (Å²) in [4.78, 5) is 0. The molecule has 0 fully saturated rings. The van der Waals surface area contributed by atoms with Gasteiger partial charge in [0.25, 0.3) is 0 Å². The molecule has 0 aliphatic carbocycles. The minimum absolute atomic E-state index is 0.739. The van der Waals surface area contributed by atoms with Gasteiger partial charge in [-0.1, -0.05) is 53.5 Å². The number of hydrogen-bond donors (Lipinski definition) is 1. The number of para-hydroxylation sites is 2. The van der Waals surface area contributed by atoms with Gasteiger partial charge in [-0.15, -0.1) is 0 Å². The van der Waals surface area contributed by atoms with E-state index in [0.717, 1.165) is 39.7 Å². The first-order chi connectivity index (χ1) is 9.75. The monoisotopic (exact) mass is 304 g/mol. The maximum absolute atomic E-state index is 6.24. The smallest absolute Gasteiger partial charge is 0.0661 e. The normalized spacial score (nSPS) is 10.9. The Hall–Kier alpha value is -1.64. The first-order valence-electron chi connectivity index (χ1n) is 6.47. The topological polar surface area (TPSA) is 17.0 Å². The number of fused-ring (bicyclic) bond motifs is 1. The summed E-state index contributed by atoms with van der Waals surface area (Å²) in [6.07, 6.45) is 1.97. The molecule has 2 nitrogen and oxygen atoms in total. The van der Waals surface area contributed by atoms with Gasteiger partial charge < -0.3 is 9.88 Å². The average molecular weight is 305 g/mol.